The van der Waals surface area contributed by atoms with Gasteiger partial charge >= 0.3 is 5.97 Å². The Morgan fingerprint density at radius 1 is 1.73 bits per heavy atom. The van der Waals surface area contributed by atoms with Crippen LogP contribution in [-0.4, -0.2) is 18.1 Å². The van der Waals surface area contributed by atoms with Crippen LogP contribution in [0.5, 0.6) is 0 Å². The van der Waals surface area contributed by atoms with Crippen molar-refractivity contribution in [3.8, 4) is 0 Å². The lowest BCUT2D eigenvalue weighted by molar-refractivity contribution is -0.142. The molecule has 2 atom stereocenters. The van der Waals surface area contributed by atoms with Gasteiger partial charge in [0.2, 0.25) is 0 Å². The Balaban J connectivity index is 2.67. The summed E-state index contributed by atoms with van der Waals surface area (Å²) in [5, 5.41) is 0. The first-order valence-corrected chi connectivity index (χ1v) is 3.51. The average Bonchev–Trinajstić information content (AvgIpc) is 1.98. The summed E-state index contributed by atoms with van der Waals surface area (Å²) >= 11 is 0. The SMILES string of the molecule is CC=C[C@@H]1OC(=O)C=C[C@H]1N. The summed E-state index contributed by atoms with van der Waals surface area (Å²) in [7, 11) is 0. The van der Waals surface area contributed by atoms with E-state index in [2.05, 4.69) is 0 Å². The van der Waals surface area contributed by atoms with Crippen molar-refractivity contribution in [2.75, 3.05) is 0 Å². The van der Waals surface area contributed by atoms with Gasteiger partial charge in [-0.15, -0.1) is 0 Å². The van der Waals surface area contributed by atoms with Gasteiger partial charge in [-0.2, -0.15) is 0 Å². The first-order valence-electron chi connectivity index (χ1n) is 3.51. The lowest BCUT2D eigenvalue weighted by atomic mass is 10.1. The first kappa shape index (κ1) is 8.01. The molecule has 0 unspecified atom stereocenters. The highest BCUT2D eigenvalue weighted by molar-refractivity contribution is 5.83. The fourth-order valence-electron chi connectivity index (χ4n) is 0.908. The summed E-state index contributed by atoms with van der Waals surface area (Å²) < 4.78 is 4.90. The zero-order chi connectivity index (χ0) is 8.27. The minimum absolute atomic E-state index is 0.205. The second kappa shape index (κ2) is 3.34. The van der Waals surface area contributed by atoms with Gasteiger partial charge in [0.05, 0.1) is 6.04 Å². The maximum atomic E-state index is 10.7. The molecule has 2 N–H and O–H groups in total. The van der Waals surface area contributed by atoms with Crippen molar-refractivity contribution in [1.82, 2.24) is 0 Å². The van der Waals surface area contributed by atoms with Crippen molar-refractivity contribution < 1.29 is 9.53 Å². The third-order valence-corrected chi connectivity index (χ3v) is 1.47. The molecule has 3 heteroatoms. The second-order valence-electron chi connectivity index (χ2n) is 2.36. The molecule has 0 saturated heterocycles. The van der Waals surface area contributed by atoms with Crippen LogP contribution >= 0.6 is 0 Å². The number of allylic oxidation sites excluding steroid dienone is 1. The Morgan fingerprint density at radius 2 is 2.45 bits per heavy atom. The standard InChI is InChI=1S/C8H11NO2/c1-2-3-7-6(9)4-5-8(10)11-7/h2-7H,9H2,1H3/t6-,7+/m1/s1. The summed E-state index contributed by atoms with van der Waals surface area (Å²) in [6.07, 6.45) is 6.29. The summed E-state index contributed by atoms with van der Waals surface area (Å²) in [5.74, 6) is -0.324. The summed E-state index contributed by atoms with van der Waals surface area (Å²) in [6, 6.07) is -0.205. The Bertz CT molecular complexity index is 208. The summed E-state index contributed by atoms with van der Waals surface area (Å²) in [4.78, 5) is 10.7. The number of hydrogen-bond donors (Lipinski definition) is 1. The third kappa shape index (κ3) is 1.91. The van der Waals surface area contributed by atoms with Gasteiger partial charge in [0.1, 0.15) is 6.10 Å². The molecule has 0 aliphatic carbocycles. The largest absolute Gasteiger partial charge is 0.453 e. The summed E-state index contributed by atoms with van der Waals surface area (Å²) in [5.41, 5.74) is 5.61. The number of cyclic esters (lactones) is 1. The molecule has 0 bridgehead atoms. The van der Waals surface area contributed by atoms with E-state index in [1.807, 2.05) is 13.0 Å². The van der Waals surface area contributed by atoms with Crippen LogP contribution in [0.1, 0.15) is 6.92 Å². The molecule has 1 aliphatic heterocycles. The Hall–Kier alpha value is -1.09. The number of esters is 1. The number of rotatable bonds is 1. The monoisotopic (exact) mass is 153 g/mol. The van der Waals surface area contributed by atoms with Crippen LogP contribution < -0.4 is 5.73 Å². The first-order chi connectivity index (χ1) is 5.24. The van der Waals surface area contributed by atoms with E-state index in [-0.39, 0.29) is 18.1 Å². The quantitative estimate of drug-likeness (QED) is 0.437. The Morgan fingerprint density at radius 3 is 3.09 bits per heavy atom. The van der Waals surface area contributed by atoms with Crippen LogP contribution in [0.4, 0.5) is 0 Å². The highest BCUT2D eigenvalue weighted by Gasteiger charge is 2.20. The fourth-order valence-corrected chi connectivity index (χ4v) is 0.908. The van der Waals surface area contributed by atoms with Gasteiger partial charge in [0.15, 0.2) is 0 Å². The van der Waals surface area contributed by atoms with E-state index < -0.39 is 0 Å². The van der Waals surface area contributed by atoms with E-state index in [9.17, 15) is 4.79 Å². The molecule has 0 saturated carbocycles. The van der Waals surface area contributed by atoms with Crippen LogP contribution in [0, 0.1) is 0 Å². The normalized spacial score (nSPS) is 30.9. The molecule has 3 nitrogen and oxygen atoms in total. The smallest absolute Gasteiger partial charge is 0.331 e. The minimum Gasteiger partial charge on any atom is -0.453 e. The lowest BCUT2D eigenvalue weighted by Crippen LogP contribution is -2.37. The topological polar surface area (TPSA) is 52.3 Å². The third-order valence-electron chi connectivity index (χ3n) is 1.47. The lowest BCUT2D eigenvalue weighted by Gasteiger charge is -2.21. The molecular formula is C8H11NO2. The molecule has 0 aromatic carbocycles. The number of hydrogen-bond acceptors (Lipinski definition) is 3. The van der Waals surface area contributed by atoms with Gasteiger partial charge in [-0.25, -0.2) is 4.79 Å². The molecule has 1 aliphatic rings. The number of ether oxygens (including phenoxy) is 1. The van der Waals surface area contributed by atoms with E-state index in [1.165, 1.54) is 6.08 Å². The number of carbonyl (C=O) groups is 1. The van der Waals surface area contributed by atoms with E-state index >= 15 is 0 Å². The van der Waals surface area contributed by atoms with Crippen molar-refractivity contribution in [3.63, 3.8) is 0 Å². The maximum absolute atomic E-state index is 10.7. The van der Waals surface area contributed by atoms with Gasteiger partial charge in [-0.05, 0) is 13.0 Å². The fraction of sp³-hybridized carbons (Fsp3) is 0.375. The molecule has 0 aromatic rings. The second-order valence-corrected chi connectivity index (χ2v) is 2.36. The molecule has 11 heavy (non-hydrogen) atoms. The van der Waals surface area contributed by atoms with Gasteiger partial charge in [0.25, 0.3) is 0 Å². The average molecular weight is 153 g/mol. The van der Waals surface area contributed by atoms with Gasteiger partial charge < -0.3 is 10.5 Å². The highest BCUT2D eigenvalue weighted by atomic mass is 16.5. The highest BCUT2D eigenvalue weighted by Crippen LogP contribution is 2.07. The molecule has 60 valence electrons. The van der Waals surface area contributed by atoms with E-state index in [1.54, 1.807) is 12.2 Å². The van der Waals surface area contributed by atoms with E-state index in [4.69, 9.17) is 10.5 Å². The van der Waals surface area contributed by atoms with Crippen LogP contribution in [0.25, 0.3) is 0 Å². The molecule has 0 fully saturated rings. The van der Waals surface area contributed by atoms with Crippen LogP contribution in [0.3, 0.4) is 0 Å². The predicted molar refractivity (Wildman–Crippen MR) is 41.8 cm³/mol. The van der Waals surface area contributed by atoms with Gasteiger partial charge in [-0.3, -0.25) is 0 Å². The number of carbonyl (C=O) groups excluding carboxylic acids is 1. The van der Waals surface area contributed by atoms with Crippen molar-refractivity contribution >= 4 is 5.97 Å². The van der Waals surface area contributed by atoms with Gasteiger partial charge in [0, 0.05) is 6.08 Å². The Labute approximate surface area is 65.5 Å². The minimum atomic E-state index is -0.324. The van der Waals surface area contributed by atoms with Crippen LogP contribution in [-0.2, 0) is 9.53 Å². The van der Waals surface area contributed by atoms with Crippen molar-refractivity contribution in [2.24, 2.45) is 5.73 Å². The summed E-state index contributed by atoms with van der Waals surface area (Å²) in [6.45, 7) is 1.86. The van der Waals surface area contributed by atoms with Crippen LogP contribution in [0.2, 0.25) is 0 Å². The molecule has 0 spiro atoms. The van der Waals surface area contributed by atoms with Crippen molar-refractivity contribution in [3.05, 3.63) is 24.3 Å². The molecule has 0 aromatic heterocycles. The van der Waals surface area contributed by atoms with Crippen molar-refractivity contribution in [2.45, 2.75) is 19.1 Å². The van der Waals surface area contributed by atoms with E-state index in [0.29, 0.717) is 0 Å². The number of nitrogens with two attached hydrogens (primary N) is 1. The zero-order valence-corrected chi connectivity index (χ0v) is 6.36. The molecule has 0 radical (unpaired) electrons. The molecule has 1 heterocycles. The van der Waals surface area contributed by atoms with E-state index in [0.717, 1.165) is 0 Å². The van der Waals surface area contributed by atoms with Crippen LogP contribution in [0.15, 0.2) is 24.3 Å². The van der Waals surface area contributed by atoms with Crippen molar-refractivity contribution in [1.29, 1.82) is 0 Å². The Kier molecular flexibility index (Phi) is 2.44. The molecule has 1 rings (SSSR count). The molecular weight excluding hydrogens is 142 g/mol. The predicted octanol–water partition coefficient (Wildman–Crippen LogP) is 0.371. The zero-order valence-electron chi connectivity index (χ0n) is 6.36. The molecule has 0 amide bonds. The maximum Gasteiger partial charge on any atom is 0.331 e. The van der Waals surface area contributed by atoms with Gasteiger partial charge in [-0.1, -0.05) is 12.2 Å².